The van der Waals surface area contributed by atoms with E-state index in [1.54, 1.807) is 4.90 Å². The molecule has 0 aromatic rings. The number of hydrogen-bond acceptors (Lipinski definition) is 2. The van der Waals surface area contributed by atoms with Crippen molar-refractivity contribution in [2.24, 2.45) is 5.92 Å². The molecular weight excluding hydrogens is 192 g/mol. The highest BCUT2D eigenvalue weighted by atomic mass is 16.2. The molecule has 86 valence electrons. The van der Waals surface area contributed by atoms with E-state index in [-0.39, 0.29) is 30.4 Å². The first kappa shape index (κ1) is 12.0. The molecule has 1 heterocycles. The monoisotopic (exact) mass is 212 g/mol. The Balaban J connectivity index is 2.83. The molecule has 0 aromatic carbocycles. The molecule has 1 saturated heterocycles. The van der Waals surface area contributed by atoms with Crippen LogP contribution in [0.2, 0.25) is 0 Å². The zero-order valence-electron chi connectivity index (χ0n) is 9.91. The summed E-state index contributed by atoms with van der Waals surface area (Å²) in [5.41, 5.74) is 0. The number of amides is 2. The fraction of sp³-hybridized carbons (Fsp3) is 0.818. The van der Waals surface area contributed by atoms with Gasteiger partial charge in [-0.25, -0.2) is 0 Å². The molecule has 1 aliphatic rings. The molecular formula is C11H20N2O2. The van der Waals surface area contributed by atoms with Crippen molar-refractivity contribution >= 4 is 11.8 Å². The predicted molar refractivity (Wildman–Crippen MR) is 58.2 cm³/mol. The quantitative estimate of drug-likeness (QED) is 0.751. The van der Waals surface area contributed by atoms with Gasteiger partial charge in [0.15, 0.2) is 0 Å². The van der Waals surface area contributed by atoms with E-state index in [2.05, 4.69) is 19.2 Å². The normalized spacial score (nSPS) is 22.5. The van der Waals surface area contributed by atoms with Crippen molar-refractivity contribution in [1.82, 2.24) is 10.2 Å². The predicted octanol–water partition coefficient (Wildman–Crippen LogP) is 0.768. The molecule has 0 spiro atoms. The average molecular weight is 212 g/mol. The fourth-order valence-electron chi connectivity index (χ4n) is 1.99. The van der Waals surface area contributed by atoms with E-state index in [4.69, 9.17) is 0 Å². The van der Waals surface area contributed by atoms with Crippen LogP contribution in [-0.2, 0) is 9.59 Å². The lowest BCUT2D eigenvalue weighted by atomic mass is 9.98. The van der Waals surface area contributed by atoms with Gasteiger partial charge in [0, 0.05) is 6.04 Å². The van der Waals surface area contributed by atoms with Gasteiger partial charge in [0.1, 0.15) is 6.04 Å². The second-order valence-corrected chi connectivity index (χ2v) is 4.76. The van der Waals surface area contributed by atoms with Crippen LogP contribution in [0.15, 0.2) is 0 Å². The summed E-state index contributed by atoms with van der Waals surface area (Å²) in [6, 6.07) is -0.196. The highest BCUT2D eigenvalue weighted by Crippen LogP contribution is 2.17. The number of nitrogens with one attached hydrogen (secondary N) is 1. The second kappa shape index (κ2) is 4.64. The van der Waals surface area contributed by atoms with Gasteiger partial charge in [-0.1, -0.05) is 13.8 Å². The molecule has 0 saturated carbocycles. The molecule has 0 radical (unpaired) electrons. The molecule has 0 aromatic heterocycles. The standard InChI is InChI=1S/C11H20N2O2/c1-7(2)5-9-11(15)12-6-10(14)13(9)8(3)4/h7-9H,5-6H2,1-4H3,(H,12,15)/t9-/m0/s1. The van der Waals surface area contributed by atoms with Crippen LogP contribution in [0.3, 0.4) is 0 Å². The first-order valence-corrected chi connectivity index (χ1v) is 5.52. The van der Waals surface area contributed by atoms with Gasteiger partial charge in [-0.2, -0.15) is 0 Å². The third-order valence-corrected chi connectivity index (χ3v) is 2.59. The first-order valence-electron chi connectivity index (χ1n) is 5.52. The first-order chi connectivity index (χ1) is 6.93. The summed E-state index contributed by atoms with van der Waals surface area (Å²) in [4.78, 5) is 25.1. The maximum Gasteiger partial charge on any atom is 0.243 e. The van der Waals surface area contributed by atoms with Gasteiger partial charge >= 0.3 is 0 Å². The van der Waals surface area contributed by atoms with E-state index in [0.717, 1.165) is 6.42 Å². The zero-order chi connectivity index (χ0) is 11.6. The van der Waals surface area contributed by atoms with E-state index >= 15 is 0 Å². The molecule has 15 heavy (non-hydrogen) atoms. The summed E-state index contributed by atoms with van der Waals surface area (Å²) in [5.74, 6) is 0.417. The van der Waals surface area contributed by atoms with Crippen molar-refractivity contribution in [2.45, 2.75) is 46.2 Å². The van der Waals surface area contributed by atoms with Crippen LogP contribution in [0.1, 0.15) is 34.1 Å². The van der Waals surface area contributed by atoms with Gasteiger partial charge in [0.25, 0.3) is 0 Å². The lowest BCUT2D eigenvalue weighted by molar-refractivity contribution is -0.148. The summed E-state index contributed by atoms with van der Waals surface area (Å²) >= 11 is 0. The molecule has 1 N–H and O–H groups in total. The van der Waals surface area contributed by atoms with Crippen molar-refractivity contribution in [3.05, 3.63) is 0 Å². The molecule has 0 aliphatic carbocycles. The third-order valence-electron chi connectivity index (χ3n) is 2.59. The van der Waals surface area contributed by atoms with Crippen LogP contribution in [0, 0.1) is 5.92 Å². The van der Waals surface area contributed by atoms with Crippen LogP contribution >= 0.6 is 0 Å². The maximum absolute atomic E-state index is 11.7. The molecule has 1 rings (SSSR count). The molecule has 0 unspecified atom stereocenters. The fourth-order valence-corrected chi connectivity index (χ4v) is 1.99. The number of nitrogens with zero attached hydrogens (tertiary/aromatic N) is 1. The largest absolute Gasteiger partial charge is 0.345 e. The van der Waals surface area contributed by atoms with Crippen molar-refractivity contribution < 1.29 is 9.59 Å². The Hall–Kier alpha value is -1.06. The summed E-state index contributed by atoms with van der Waals surface area (Å²) in [7, 11) is 0. The zero-order valence-corrected chi connectivity index (χ0v) is 9.91. The second-order valence-electron chi connectivity index (χ2n) is 4.76. The highest BCUT2D eigenvalue weighted by molar-refractivity contribution is 5.94. The molecule has 4 nitrogen and oxygen atoms in total. The summed E-state index contributed by atoms with van der Waals surface area (Å²) < 4.78 is 0. The van der Waals surface area contributed by atoms with Crippen LogP contribution < -0.4 is 5.32 Å². The SMILES string of the molecule is CC(C)C[C@H]1C(=O)NCC(=O)N1C(C)C. The van der Waals surface area contributed by atoms with Crippen molar-refractivity contribution in [3.63, 3.8) is 0 Å². The molecule has 2 amide bonds. The Bertz CT molecular complexity index is 261. The van der Waals surface area contributed by atoms with Crippen LogP contribution in [0.4, 0.5) is 0 Å². The minimum atomic E-state index is -0.286. The van der Waals surface area contributed by atoms with Crippen molar-refractivity contribution in [1.29, 1.82) is 0 Å². The number of carbonyl (C=O) groups excluding carboxylic acids is 2. The van der Waals surface area contributed by atoms with Gasteiger partial charge in [-0.15, -0.1) is 0 Å². The van der Waals surface area contributed by atoms with Crippen LogP contribution in [-0.4, -0.2) is 35.3 Å². The Morgan fingerprint density at radius 3 is 2.40 bits per heavy atom. The highest BCUT2D eigenvalue weighted by Gasteiger charge is 2.35. The Kier molecular flexibility index (Phi) is 3.72. The lowest BCUT2D eigenvalue weighted by Crippen LogP contribution is -2.60. The average Bonchev–Trinajstić information content (AvgIpc) is 2.10. The number of carbonyl (C=O) groups is 2. The maximum atomic E-state index is 11.7. The topological polar surface area (TPSA) is 49.4 Å². The summed E-state index contributed by atoms with van der Waals surface area (Å²) in [5, 5.41) is 2.64. The number of piperazine rings is 1. The summed E-state index contributed by atoms with van der Waals surface area (Å²) in [6.07, 6.45) is 0.732. The van der Waals surface area contributed by atoms with Crippen LogP contribution in [0.25, 0.3) is 0 Å². The molecule has 1 fully saturated rings. The van der Waals surface area contributed by atoms with Gasteiger partial charge < -0.3 is 10.2 Å². The third kappa shape index (κ3) is 2.70. The smallest absolute Gasteiger partial charge is 0.243 e. The molecule has 1 atom stereocenters. The van der Waals surface area contributed by atoms with E-state index < -0.39 is 0 Å². The molecule has 0 bridgehead atoms. The Morgan fingerprint density at radius 2 is 1.93 bits per heavy atom. The summed E-state index contributed by atoms with van der Waals surface area (Å²) in [6.45, 7) is 8.16. The number of hydrogen-bond donors (Lipinski definition) is 1. The van der Waals surface area contributed by atoms with Crippen molar-refractivity contribution in [3.8, 4) is 0 Å². The van der Waals surface area contributed by atoms with Crippen LogP contribution in [0.5, 0.6) is 0 Å². The lowest BCUT2D eigenvalue weighted by Gasteiger charge is -2.38. The Morgan fingerprint density at radius 1 is 1.33 bits per heavy atom. The van der Waals surface area contributed by atoms with E-state index in [1.807, 2.05) is 13.8 Å². The molecule has 1 aliphatic heterocycles. The van der Waals surface area contributed by atoms with E-state index in [1.165, 1.54) is 0 Å². The van der Waals surface area contributed by atoms with Gasteiger partial charge in [-0.3, -0.25) is 9.59 Å². The van der Waals surface area contributed by atoms with E-state index in [0.29, 0.717) is 5.92 Å². The van der Waals surface area contributed by atoms with Gasteiger partial charge in [-0.05, 0) is 26.2 Å². The number of rotatable bonds is 3. The molecule has 4 heteroatoms. The minimum Gasteiger partial charge on any atom is -0.345 e. The van der Waals surface area contributed by atoms with E-state index in [9.17, 15) is 9.59 Å². The van der Waals surface area contributed by atoms with Gasteiger partial charge in [0.05, 0.1) is 6.54 Å². The van der Waals surface area contributed by atoms with Gasteiger partial charge in [0.2, 0.25) is 11.8 Å². The minimum absolute atomic E-state index is 0.0167. The Labute approximate surface area is 91.0 Å². The van der Waals surface area contributed by atoms with Crippen molar-refractivity contribution in [2.75, 3.05) is 6.54 Å².